The maximum absolute atomic E-state index is 13.8. The van der Waals surface area contributed by atoms with Gasteiger partial charge >= 0.3 is 0 Å². The number of amides is 1. The number of hydrogen-bond acceptors (Lipinski definition) is 4. The Morgan fingerprint density at radius 3 is 2.52 bits per heavy atom. The average Bonchev–Trinajstić information content (AvgIpc) is 2.54. The van der Waals surface area contributed by atoms with Crippen LogP contribution in [0.25, 0.3) is 0 Å². The van der Waals surface area contributed by atoms with Crippen LogP contribution in [0.5, 0.6) is 0 Å². The van der Waals surface area contributed by atoms with E-state index in [1.807, 2.05) is 43.0 Å². The molecule has 23 heavy (non-hydrogen) atoms. The van der Waals surface area contributed by atoms with Gasteiger partial charge in [-0.1, -0.05) is 12.1 Å². The zero-order valence-corrected chi connectivity index (χ0v) is 14.3. The largest absolute Gasteiger partial charge is 0.367 e. The maximum Gasteiger partial charge on any atom is 0.237 e. The highest BCUT2D eigenvalue weighted by Gasteiger charge is 2.26. The van der Waals surface area contributed by atoms with Crippen LogP contribution in [0, 0.1) is 5.82 Å². The summed E-state index contributed by atoms with van der Waals surface area (Å²) in [7, 11) is 3.97. The second-order valence-corrected chi connectivity index (χ2v) is 6.24. The molecule has 1 aromatic carbocycles. The van der Waals surface area contributed by atoms with E-state index < -0.39 is 0 Å². The Hall–Kier alpha value is -1.66. The molecule has 1 heterocycles. The number of benzene rings is 1. The Bertz CT molecular complexity index is 515. The monoisotopic (exact) mass is 322 g/mol. The van der Waals surface area contributed by atoms with E-state index in [9.17, 15) is 9.18 Å². The van der Waals surface area contributed by atoms with Crippen LogP contribution in [0.15, 0.2) is 24.3 Å². The third-order valence-corrected chi connectivity index (χ3v) is 4.29. The minimum atomic E-state index is -0.185. The first-order valence-electron chi connectivity index (χ1n) is 8.15. The predicted molar refractivity (Wildman–Crippen MR) is 91.2 cm³/mol. The summed E-state index contributed by atoms with van der Waals surface area (Å²) in [6.07, 6.45) is 0. The number of para-hydroxylation sites is 1. The van der Waals surface area contributed by atoms with Gasteiger partial charge in [0, 0.05) is 39.3 Å². The van der Waals surface area contributed by atoms with E-state index in [1.165, 1.54) is 6.07 Å². The van der Waals surface area contributed by atoms with Crippen molar-refractivity contribution in [3.8, 4) is 0 Å². The Labute approximate surface area is 138 Å². The van der Waals surface area contributed by atoms with Gasteiger partial charge in [0.05, 0.1) is 11.7 Å². The van der Waals surface area contributed by atoms with Crippen LogP contribution >= 0.6 is 0 Å². The van der Waals surface area contributed by atoms with Gasteiger partial charge in [-0.05, 0) is 33.2 Å². The van der Waals surface area contributed by atoms with E-state index in [1.54, 1.807) is 6.07 Å². The molecule has 0 radical (unpaired) electrons. The molecule has 0 saturated carbocycles. The summed E-state index contributed by atoms with van der Waals surface area (Å²) in [6, 6.07) is 6.70. The van der Waals surface area contributed by atoms with E-state index in [0.29, 0.717) is 12.2 Å². The molecule has 1 N–H and O–H groups in total. The molecule has 1 amide bonds. The molecule has 6 heteroatoms. The number of nitrogens with zero attached hydrogens (tertiary/aromatic N) is 3. The van der Waals surface area contributed by atoms with Gasteiger partial charge in [-0.2, -0.15) is 0 Å². The Morgan fingerprint density at radius 1 is 1.26 bits per heavy atom. The number of rotatable bonds is 6. The van der Waals surface area contributed by atoms with Crippen molar-refractivity contribution in [1.82, 2.24) is 15.1 Å². The van der Waals surface area contributed by atoms with Gasteiger partial charge in [0.15, 0.2) is 0 Å². The lowest BCUT2D eigenvalue weighted by molar-refractivity contribution is -0.126. The van der Waals surface area contributed by atoms with Crippen molar-refractivity contribution in [2.75, 3.05) is 58.3 Å². The van der Waals surface area contributed by atoms with Crippen molar-refractivity contribution in [2.45, 2.75) is 13.0 Å². The van der Waals surface area contributed by atoms with E-state index in [4.69, 9.17) is 0 Å². The van der Waals surface area contributed by atoms with Crippen molar-refractivity contribution >= 4 is 11.6 Å². The normalized spacial score (nSPS) is 17.3. The summed E-state index contributed by atoms with van der Waals surface area (Å²) in [4.78, 5) is 18.4. The molecular weight excluding hydrogens is 295 g/mol. The van der Waals surface area contributed by atoms with Gasteiger partial charge in [0.2, 0.25) is 5.91 Å². The number of piperazine rings is 1. The van der Waals surface area contributed by atoms with Gasteiger partial charge in [0.25, 0.3) is 0 Å². The molecule has 0 spiro atoms. The van der Waals surface area contributed by atoms with Crippen LogP contribution in [0.4, 0.5) is 10.1 Å². The van der Waals surface area contributed by atoms with Gasteiger partial charge in [-0.25, -0.2) is 4.39 Å². The first-order valence-corrected chi connectivity index (χ1v) is 8.15. The first-order chi connectivity index (χ1) is 11.0. The molecule has 1 atom stereocenters. The molecule has 1 unspecified atom stereocenters. The Morgan fingerprint density at radius 2 is 1.91 bits per heavy atom. The predicted octanol–water partition coefficient (Wildman–Crippen LogP) is 1.01. The van der Waals surface area contributed by atoms with Crippen LogP contribution in [0.2, 0.25) is 0 Å². The van der Waals surface area contributed by atoms with Crippen molar-refractivity contribution in [3.05, 3.63) is 30.1 Å². The molecule has 2 rings (SSSR count). The lowest BCUT2D eigenvalue weighted by Crippen LogP contribution is -2.54. The molecule has 5 nitrogen and oxygen atoms in total. The smallest absolute Gasteiger partial charge is 0.237 e. The van der Waals surface area contributed by atoms with E-state index in [2.05, 4.69) is 10.2 Å². The fourth-order valence-corrected chi connectivity index (χ4v) is 2.77. The minimum Gasteiger partial charge on any atom is -0.367 e. The Balaban J connectivity index is 1.81. The molecule has 1 aliphatic heterocycles. The highest BCUT2D eigenvalue weighted by Crippen LogP contribution is 2.20. The Kier molecular flexibility index (Phi) is 6.36. The second-order valence-electron chi connectivity index (χ2n) is 6.24. The molecular formula is C17H27FN4O. The van der Waals surface area contributed by atoms with Crippen LogP contribution in [0.3, 0.4) is 0 Å². The fourth-order valence-electron chi connectivity index (χ4n) is 2.77. The molecule has 0 aromatic heterocycles. The van der Waals surface area contributed by atoms with Gasteiger partial charge < -0.3 is 15.1 Å². The van der Waals surface area contributed by atoms with E-state index in [0.717, 1.165) is 32.7 Å². The maximum atomic E-state index is 13.8. The molecule has 0 bridgehead atoms. The molecule has 1 saturated heterocycles. The number of hydrogen-bond donors (Lipinski definition) is 1. The molecule has 1 aromatic rings. The standard InChI is InChI=1S/C17H27FN4O/c1-14(17(23)19-8-9-20(2)3)21-10-12-22(13-11-21)16-7-5-4-6-15(16)18/h4-7,14H,8-13H2,1-3H3,(H,19,23). The van der Waals surface area contributed by atoms with E-state index in [-0.39, 0.29) is 17.8 Å². The number of carbonyl (C=O) groups is 1. The zero-order valence-electron chi connectivity index (χ0n) is 14.3. The van der Waals surface area contributed by atoms with Gasteiger partial charge in [-0.15, -0.1) is 0 Å². The lowest BCUT2D eigenvalue weighted by atomic mass is 10.2. The van der Waals surface area contributed by atoms with Crippen LogP contribution in [0.1, 0.15) is 6.92 Å². The minimum absolute atomic E-state index is 0.0613. The number of halogens is 1. The summed E-state index contributed by atoms with van der Waals surface area (Å²) >= 11 is 0. The summed E-state index contributed by atoms with van der Waals surface area (Å²) < 4.78 is 13.8. The van der Waals surface area contributed by atoms with E-state index >= 15 is 0 Å². The molecule has 0 aliphatic carbocycles. The number of carbonyl (C=O) groups excluding carboxylic acids is 1. The second kappa shape index (κ2) is 8.26. The molecule has 128 valence electrons. The quantitative estimate of drug-likeness (QED) is 0.849. The fraction of sp³-hybridized carbons (Fsp3) is 0.588. The van der Waals surface area contributed by atoms with Crippen molar-refractivity contribution in [2.24, 2.45) is 0 Å². The van der Waals surface area contributed by atoms with Gasteiger partial charge in [0.1, 0.15) is 5.82 Å². The van der Waals surface area contributed by atoms with Crippen molar-refractivity contribution in [3.63, 3.8) is 0 Å². The molecule has 1 aliphatic rings. The number of anilines is 1. The third kappa shape index (κ3) is 4.91. The summed E-state index contributed by atoms with van der Waals surface area (Å²) in [6.45, 7) is 6.41. The number of nitrogens with one attached hydrogen (secondary N) is 1. The van der Waals surface area contributed by atoms with Crippen molar-refractivity contribution < 1.29 is 9.18 Å². The summed E-state index contributed by atoms with van der Waals surface area (Å²) in [5, 5.41) is 2.97. The first kappa shape index (κ1) is 17.7. The highest BCUT2D eigenvalue weighted by molar-refractivity contribution is 5.81. The lowest BCUT2D eigenvalue weighted by Gasteiger charge is -2.38. The SMILES string of the molecule is CC(C(=O)NCCN(C)C)N1CCN(c2ccccc2F)CC1. The van der Waals surface area contributed by atoms with Crippen LogP contribution in [-0.2, 0) is 4.79 Å². The zero-order chi connectivity index (χ0) is 16.8. The van der Waals surface area contributed by atoms with Gasteiger partial charge in [-0.3, -0.25) is 9.69 Å². The average molecular weight is 322 g/mol. The summed E-state index contributed by atoms with van der Waals surface area (Å²) in [5.41, 5.74) is 0.648. The van der Waals surface area contributed by atoms with Crippen molar-refractivity contribution in [1.29, 1.82) is 0 Å². The van der Waals surface area contributed by atoms with Crippen LogP contribution in [-0.4, -0.2) is 75.1 Å². The highest BCUT2D eigenvalue weighted by atomic mass is 19.1. The summed E-state index contributed by atoms with van der Waals surface area (Å²) in [5.74, 6) is -0.124. The van der Waals surface area contributed by atoms with Crippen LogP contribution < -0.4 is 10.2 Å². The molecule has 1 fully saturated rings. The third-order valence-electron chi connectivity index (χ3n) is 4.29. The number of likely N-dealkylation sites (N-methyl/N-ethyl adjacent to an activating group) is 1. The topological polar surface area (TPSA) is 38.8 Å².